The van der Waals surface area contributed by atoms with Crippen molar-refractivity contribution >= 4 is 11.7 Å². The van der Waals surface area contributed by atoms with E-state index in [0.717, 1.165) is 19.3 Å². The molecule has 7 heteroatoms. The molecule has 1 aliphatic heterocycles. The molecule has 2 aliphatic rings. The van der Waals surface area contributed by atoms with E-state index in [2.05, 4.69) is 5.16 Å². The highest BCUT2D eigenvalue weighted by Gasteiger charge is 2.40. The first-order chi connectivity index (χ1) is 9.10. The van der Waals surface area contributed by atoms with Crippen LogP contribution in [0.4, 0.5) is 0 Å². The van der Waals surface area contributed by atoms with E-state index in [1.165, 1.54) is 0 Å². The lowest BCUT2D eigenvalue weighted by molar-refractivity contribution is -0.149. The van der Waals surface area contributed by atoms with E-state index in [4.69, 9.17) is 20.4 Å². The topological polar surface area (TPSA) is 97.4 Å². The molecule has 0 radical (unpaired) electrons. The molecule has 0 aromatic carbocycles. The van der Waals surface area contributed by atoms with Crippen LogP contribution < -0.4 is 5.73 Å². The second-order valence-corrected chi connectivity index (χ2v) is 5.14. The normalized spacial score (nSPS) is 26.9. The first kappa shape index (κ1) is 14.1. The molecule has 1 aliphatic carbocycles. The van der Waals surface area contributed by atoms with Crippen LogP contribution >= 0.6 is 0 Å². The molecule has 0 aromatic heterocycles. The van der Waals surface area contributed by atoms with Crippen LogP contribution in [0, 0.1) is 0 Å². The molecule has 1 amide bonds. The van der Waals surface area contributed by atoms with Crippen molar-refractivity contribution in [2.75, 3.05) is 26.8 Å². The van der Waals surface area contributed by atoms with Crippen molar-refractivity contribution in [3.8, 4) is 0 Å². The van der Waals surface area contributed by atoms with Crippen LogP contribution in [0.2, 0.25) is 0 Å². The number of hydrogen-bond acceptors (Lipinski definition) is 5. The summed E-state index contributed by atoms with van der Waals surface area (Å²) in [5.41, 5.74) is 5.24. The zero-order valence-corrected chi connectivity index (χ0v) is 11.2. The summed E-state index contributed by atoms with van der Waals surface area (Å²) in [5, 5.41) is 11.6. The molecule has 19 heavy (non-hydrogen) atoms. The number of amides is 1. The van der Waals surface area contributed by atoms with Crippen molar-refractivity contribution in [1.82, 2.24) is 4.90 Å². The summed E-state index contributed by atoms with van der Waals surface area (Å²) < 4.78 is 10.8. The number of carbonyl (C=O) groups excluding carboxylic acids is 1. The van der Waals surface area contributed by atoms with Crippen LogP contribution in [0.15, 0.2) is 5.16 Å². The fraction of sp³-hybridized carbons (Fsp3) is 0.833. The van der Waals surface area contributed by atoms with Gasteiger partial charge in [0.05, 0.1) is 25.2 Å². The molecule has 2 fully saturated rings. The summed E-state index contributed by atoms with van der Waals surface area (Å²) in [4.78, 5) is 14.0. The van der Waals surface area contributed by atoms with Crippen LogP contribution in [0.1, 0.15) is 25.7 Å². The minimum absolute atomic E-state index is 0.00241. The number of nitrogens with zero attached hydrogens (tertiary/aromatic N) is 2. The number of amidine groups is 1. The summed E-state index contributed by atoms with van der Waals surface area (Å²) in [5.74, 6) is 0.0446. The number of ether oxygens (including phenoxy) is 2. The fourth-order valence-electron chi connectivity index (χ4n) is 2.53. The molecule has 1 saturated carbocycles. The van der Waals surface area contributed by atoms with Crippen molar-refractivity contribution < 1.29 is 19.5 Å². The van der Waals surface area contributed by atoms with Crippen molar-refractivity contribution in [2.24, 2.45) is 10.9 Å². The van der Waals surface area contributed by atoms with E-state index in [9.17, 15) is 4.79 Å². The number of methoxy groups -OCH3 is 1. The Hall–Kier alpha value is -1.34. The Labute approximate surface area is 112 Å². The van der Waals surface area contributed by atoms with Gasteiger partial charge in [-0.2, -0.15) is 0 Å². The Kier molecular flexibility index (Phi) is 4.26. The van der Waals surface area contributed by atoms with Gasteiger partial charge >= 0.3 is 0 Å². The van der Waals surface area contributed by atoms with Gasteiger partial charge in [0.15, 0.2) is 5.84 Å². The predicted octanol–water partition coefficient (Wildman–Crippen LogP) is -0.0806. The third-order valence-corrected chi connectivity index (χ3v) is 4.04. The molecule has 7 nitrogen and oxygen atoms in total. The number of morpholine rings is 1. The molecule has 1 saturated heterocycles. The quantitative estimate of drug-likeness (QED) is 0.322. The van der Waals surface area contributed by atoms with Crippen LogP contribution in [-0.4, -0.2) is 60.4 Å². The predicted molar refractivity (Wildman–Crippen MR) is 67.9 cm³/mol. The molecule has 0 bridgehead atoms. The molecule has 108 valence electrons. The van der Waals surface area contributed by atoms with E-state index in [1.54, 1.807) is 12.0 Å². The van der Waals surface area contributed by atoms with Gasteiger partial charge in [-0.3, -0.25) is 4.79 Å². The largest absolute Gasteiger partial charge is 0.409 e. The second kappa shape index (κ2) is 5.75. The average Bonchev–Trinajstić information content (AvgIpc) is 2.41. The fourth-order valence-corrected chi connectivity index (χ4v) is 2.53. The zero-order valence-electron chi connectivity index (χ0n) is 11.2. The van der Waals surface area contributed by atoms with Crippen molar-refractivity contribution in [3.05, 3.63) is 0 Å². The Morgan fingerprint density at radius 2 is 2.37 bits per heavy atom. The van der Waals surface area contributed by atoms with Gasteiger partial charge in [0.1, 0.15) is 6.10 Å². The Bertz CT molecular complexity index is 362. The highest BCUT2D eigenvalue weighted by Crippen LogP contribution is 2.38. The molecular formula is C12H21N3O4. The summed E-state index contributed by atoms with van der Waals surface area (Å²) in [7, 11) is 1.66. The van der Waals surface area contributed by atoms with Gasteiger partial charge in [0, 0.05) is 13.7 Å². The first-order valence-electron chi connectivity index (χ1n) is 6.52. The molecule has 3 N–H and O–H groups in total. The van der Waals surface area contributed by atoms with Gasteiger partial charge in [0.25, 0.3) is 0 Å². The third-order valence-electron chi connectivity index (χ3n) is 4.04. The van der Waals surface area contributed by atoms with Gasteiger partial charge < -0.3 is 25.3 Å². The molecule has 0 aromatic rings. The third kappa shape index (κ3) is 2.98. The van der Waals surface area contributed by atoms with Gasteiger partial charge in [0.2, 0.25) is 5.91 Å². The van der Waals surface area contributed by atoms with Crippen LogP contribution in [0.25, 0.3) is 0 Å². The average molecular weight is 271 g/mol. The number of oxime groups is 1. The molecule has 1 unspecified atom stereocenters. The molecule has 1 atom stereocenters. The van der Waals surface area contributed by atoms with Crippen molar-refractivity contribution in [2.45, 2.75) is 37.4 Å². The monoisotopic (exact) mass is 271 g/mol. The van der Waals surface area contributed by atoms with E-state index in [0.29, 0.717) is 26.1 Å². The maximum Gasteiger partial charge on any atom is 0.225 e. The highest BCUT2D eigenvalue weighted by atomic mass is 16.5. The second-order valence-electron chi connectivity index (χ2n) is 5.14. The first-order valence-corrected chi connectivity index (χ1v) is 6.52. The molecule has 0 spiro atoms. The summed E-state index contributed by atoms with van der Waals surface area (Å²) in [6.07, 6.45) is 2.85. The van der Waals surface area contributed by atoms with E-state index >= 15 is 0 Å². The van der Waals surface area contributed by atoms with Crippen LogP contribution in [-0.2, 0) is 14.3 Å². The van der Waals surface area contributed by atoms with Crippen molar-refractivity contribution in [3.63, 3.8) is 0 Å². The molecule has 1 heterocycles. The van der Waals surface area contributed by atoms with E-state index in [1.807, 2.05) is 0 Å². The lowest BCUT2D eigenvalue weighted by atomic mass is 9.77. The van der Waals surface area contributed by atoms with Crippen LogP contribution in [0.5, 0.6) is 0 Å². The van der Waals surface area contributed by atoms with Gasteiger partial charge in [-0.15, -0.1) is 0 Å². The summed E-state index contributed by atoms with van der Waals surface area (Å²) in [6, 6.07) is 0. The minimum Gasteiger partial charge on any atom is -0.409 e. The molecular weight excluding hydrogens is 250 g/mol. The van der Waals surface area contributed by atoms with E-state index < -0.39 is 6.10 Å². The van der Waals surface area contributed by atoms with Gasteiger partial charge in [-0.1, -0.05) is 5.16 Å². The number of carbonyl (C=O) groups is 1. The SMILES string of the molecule is COC1(CC(=O)N2CCOC(C(N)=NO)C2)CCC1. The zero-order chi connectivity index (χ0) is 13.9. The Morgan fingerprint density at radius 1 is 1.63 bits per heavy atom. The van der Waals surface area contributed by atoms with E-state index in [-0.39, 0.29) is 17.3 Å². The lowest BCUT2D eigenvalue weighted by Crippen LogP contribution is -2.53. The van der Waals surface area contributed by atoms with Crippen LogP contribution in [0.3, 0.4) is 0 Å². The highest BCUT2D eigenvalue weighted by molar-refractivity contribution is 5.86. The number of rotatable bonds is 4. The standard InChI is InChI=1S/C12H21N3O4/c1-18-12(3-2-4-12)7-10(16)15-5-6-19-9(8-15)11(13)14-17/h9,17H,2-8H2,1H3,(H2,13,14). The summed E-state index contributed by atoms with van der Waals surface area (Å²) >= 11 is 0. The Balaban J connectivity index is 1.92. The Morgan fingerprint density at radius 3 is 2.89 bits per heavy atom. The number of nitrogens with two attached hydrogens (primary N) is 1. The summed E-state index contributed by atoms with van der Waals surface area (Å²) in [6.45, 7) is 1.26. The minimum atomic E-state index is -0.525. The van der Waals surface area contributed by atoms with Gasteiger partial charge in [-0.25, -0.2) is 0 Å². The van der Waals surface area contributed by atoms with Crippen molar-refractivity contribution in [1.29, 1.82) is 0 Å². The maximum atomic E-state index is 12.3. The smallest absolute Gasteiger partial charge is 0.225 e. The number of hydrogen-bond donors (Lipinski definition) is 2. The lowest BCUT2D eigenvalue weighted by Gasteiger charge is -2.42. The molecule has 2 rings (SSSR count). The van der Waals surface area contributed by atoms with Gasteiger partial charge in [-0.05, 0) is 19.3 Å². The maximum absolute atomic E-state index is 12.3.